The summed E-state index contributed by atoms with van der Waals surface area (Å²) in [7, 11) is 0. The number of aromatic amines is 1. The molecular weight excluding hydrogens is 340 g/mol. The summed E-state index contributed by atoms with van der Waals surface area (Å²) in [6, 6.07) is 3.72. The summed E-state index contributed by atoms with van der Waals surface area (Å²) in [4.78, 5) is 23.4. The molecule has 7 nitrogen and oxygen atoms in total. The smallest absolute Gasteiger partial charge is 0.222 e. The van der Waals surface area contributed by atoms with Crippen LogP contribution < -0.4 is 14.8 Å². The maximum Gasteiger partial charge on any atom is 0.222 e. The summed E-state index contributed by atoms with van der Waals surface area (Å²) in [6.45, 7) is 2.46. The second-order valence-corrected chi connectivity index (χ2v) is 6.36. The number of anilines is 1. The highest BCUT2D eigenvalue weighted by Crippen LogP contribution is 2.43. The van der Waals surface area contributed by atoms with Gasteiger partial charge >= 0.3 is 0 Å². The van der Waals surface area contributed by atoms with Crippen molar-refractivity contribution in [2.45, 2.75) is 11.9 Å². The number of carbonyl (C=O) groups excluding carboxylic acids is 1. The Kier molecular flexibility index (Phi) is 3.96. The lowest BCUT2D eigenvalue weighted by molar-refractivity contribution is -0.114. The van der Waals surface area contributed by atoms with E-state index in [0.29, 0.717) is 36.2 Å². The van der Waals surface area contributed by atoms with Gasteiger partial charge in [0.15, 0.2) is 11.5 Å². The van der Waals surface area contributed by atoms with Gasteiger partial charge in [0.25, 0.3) is 0 Å². The molecule has 25 heavy (non-hydrogen) atoms. The van der Waals surface area contributed by atoms with Gasteiger partial charge in [-0.15, -0.1) is 11.8 Å². The maximum atomic E-state index is 11.3. The minimum Gasteiger partial charge on any atom is -0.486 e. The molecule has 0 aromatic carbocycles. The monoisotopic (exact) mass is 356 g/mol. The van der Waals surface area contributed by atoms with E-state index in [1.54, 1.807) is 18.0 Å². The van der Waals surface area contributed by atoms with Crippen molar-refractivity contribution in [3.05, 3.63) is 24.5 Å². The van der Waals surface area contributed by atoms with E-state index < -0.39 is 0 Å². The van der Waals surface area contributed by atoms with Crippen LogP contribution in [-0.2, 0) is 4.79 Å². The Labute approximate surface area is 148 Å². The quantitative estimate of drug-likeness (QED) is 0.701. The van der Waals surface area contributed by atoms with Gasteiger partial charge in [0, 0.05) is 30.1 Å². The van der Waals surface area contributed by atoms with Gasteiger partial charge in [0.1, 0.15) is 29.8 Å². The molecule has 0 radical (unpaired) electrons. The molecule has 2 N–H and O–H groups in total. The highest BCUT2D eigenvalue weighted by Gasteiger charge is 2.22. The van der Waals surface area contributed by atoms with Crippen molar-refractivity contribution >= 4 is 34.4 Å². The van der Waals surface area contributed by atoms with Crippen LogP contribution in [0.1, 0.15) is 6.92 Å². The number of carbonyl (C=O) groups is 1. The average Bonchev–Trinajstić information content (AvgIpc) is 3.03. The molecule has 4 heterocycles. The standard InChI is InChI=1S/C17H16N4O3S/c1-9(22)20-14-5-10-11(7-18-12(10)8-19-14)16-17-13(23-3-4-24-17)6-15(21-16)25-2/h5-8,18H,3-4H2,1-2H3,(H,19,20,22). The molecule has 0 spiro atoms. The summed E-state index contributed by atoms with van der Waals surface area (Å²) in [5, 5.41) is 4.46. The molecule has 0 saturated carbocycles. The lowest BCUT2D eigenvalue weighted by Gasteiger charge is -2.21. The van der Waals surface area contributed by atoms with Crippen molar-refractivity contribution in [2.24, 2.45) is 0 Å². The third-order valence-electron chi connectivity index (χ3n) is 3.84. The van der Waals surface area contributed by atoms with Gasteiger partial charge in [0.2, 0.25) is 5.91 Å². The molecule has 0 saturated heterocycles. The fraction of sp³-hybridized carbons (Fsp3) is 0.235. The molecule has 1 aliphatic rings. The largest absolute Gasteiger partial charge is 0.486 e. The number of H-pyrrole nitrogens is 1. The van der Waals surface area contributed by atoms with Crippen molar-refractivity contribution in [3.8, 4) is 22.8 Å². The van der Waals surface area contributed by atoms with Gasteiger partial charge in [0.05, 0.1) is 11.7 Å². The van der Waals surface area contributed by atoms with Gasteiger partial charge in [-0.25, -0.2) is 9.97 Å². The molecule has 0 aliphatic carbocycles. The molecule has 0 fully saturated rings. The normalized spacial score (nSPS) is 13.0. The summed E-state index contributed by atoms with van der Waals surface area (Å²) in [5.41, 5.74) is 2.44. The molecule has 4 rings (SSSR count). The fourth-order valence-electron chi connectivity index (χ4n) is 2.78. The Morgan fingerprint density at radius 1 is 1.32 bits per heavy atom. The second-order valence-electron chi connectivity index (χ2n) is 5.54. The van der Waals surface area contributed by atoms with Crippen molar-refractivity contribution < 1.29 is 14.3 Å². The number of nitrogens with zero attached hydrogens (tertiary/aromatic N) is 2. The van der Waals surface area contributed by atoms with Gasteiger partial charge in [-0.3, -0.25) is 4.79 Å². The number of pyridine rings is 2. The van der Waals surface area contributed by atoms with E-state index in [0.717, 1.165) is 21.5 Å². The van der Waals surface area contributed by atoms with Gasteiger partial charge in [-0.1, -0.05) is 0 Å². The lowest BCUT2D eigenvalue weighted by Crippen LogP contribution is -2.16. The maximum absolute atomic E-state index is 11.3. The predicted octanol–water partition coefficient (Wildman–Crippen LogP) is 3.08. The minimum absolute atomic E-state index is 0.166. The Hall–Kier alpha value is -2.74. The molecule has 3 aromatic rings. The van der Waals surface area contributed by atoms with E-state index in [1.165, 1.54) is 6.92 Å². The Balaban J connectivity index is 1.90. The third-order valence-corrected chi connectivity index (χ3v) is 4.46. The lowest BCUT2D eigenvalue weighted by atomic mass is 10.1. The minimum atomic E-state index is -0.166. The Morgan fingerprint density at radius 2 is 2.16 bits per heavy atom. The van der Waals surface area contributed by atoms with Crippen LogP contribution in [0.5, 0.6) is 11.5 Å². The number of ether oxygens (including phenoxy) is 2. The summed E-state index contributed by atoms with van der Waals surface area (Å²) in [5.74, 6) is 1.67. The number of nitrogens with one attached hydrogen (secondary N) is 2. The molecule has 0 bridgehead atoms. The summed E-state index contributed by atoms with van der Waals surface area (Å²) >= 11 is 1.54. The predicted molar refractivity (Wildman–Crippen MR) is 96.4 cm³/mol. The van der Waals surface area contributed by atoms with Crippen molar-refractivity contribution in [1.29, 1.82) is 0 Å². The second kappa shape index (κ2) is 6.29. The van der Waals surface area contributed by atoms with Crippen molar-refractivity contribution in [3.63, 3.8) is 0 Å². The number of aromatic nitrogens is 3. The van der Waals surface area contributed by atoms with Crippen LogP contribution in [-0.4, -0.2) is 40.3 Å². The van der Waals surface area contributed by atoms with Gasteiger partial charge < -0.3 is 19.8 Å². The summed E-state index contributed by atoms with van der Waals surface area (Å²) in [6.07, 6.45) is 5.52. The van der Waals surface area contributed by atoms with Crippen molar-refractivity contribution in [2.75, 3.05) is 24.8 Å². The number of hydrogen-bond acceptors (Lipinski definition) is 6. The first-order chi connectivity index (χ1) is 12.2. The Morgan fingerprint density at radius 3 is 2.96 bits per heavy atom. The SMILES string of the molecule is CSc1cc2c(c(-c3c[nH]c4cnc(NC(C)=O)cc34)n1)OCCO2. The number of amides is 1. The van der Waals surface area contributed by atoms with E-state index in [1.807, 2.05) is 24.6 Å². The van der Waals surface area contributed by atoms with Crippen LogP contribution in [0.25, 0.3) is 22.2 Å². The van der Waals surface area contributed by atoms with E-state index in [-0.39, 0.29) is 5.91 Å². The molecule has 3 aromatic heterocycles. The highest BCUT2D eigenvalue weighted by atomic mass is 32.2. The van der Waals surface area contributed by atoms with Crippen molar-refractivity contribution in [1.82, 2.24) is 15.0 Å². The third kappa shape index (κ3) is 2.89. The Bertz CT molecular complexity index is 970. The molecule has 128 valence electrons. The topological polar surface area (TPSA) is 89.1 Å². The van der Waals surface area contributed by atoms with Crippen LogP contribution in [0, 0.1) is 0 Å². The van der Waals surface area contributed by atoms with E-state index in [4.69, 9.17) is 14.5 Å². The first-order valence-electron chi connectivity index (χ1n) is 7.75. The zero-order valence-corrected chi connectivity index (χ0v) is 14.6. The van der Waals surface area contributed by atoms with Crippen LogP contribution >= 0.6 is 11.8 Å². The first-order valence-corrected chi connectivity index (χ1v) is 8.98. The number of fused-ring (bicyclic) bond motifs is 2. The zero-order chi connectivity index (χ0) is 17.4. The molecule has 0 atom stereocenters. The highest BCUT2D eigenvalue weighted by molar-refractivity contribution is 7.98. The number of hydrogen-bond donors (Lipinski definition) is 2. The molecule has 1 aliphatic heterocycles. The molecular formula is C17H16N4O3S. The zero-order valence-electron chi connectivity index (χ0n) is 13.8. The first kappa shape index (κ1) is 15.8. The van der Waals surface area contributed by atoms with Crippen LogP contribution in [0.3, 0.4) is 0 Å². The van der Waals surface area contributed by atoms with Crippen LogP contribution in [0.2, 0.25) is 0 Å². The average molecular weight is 356 g/mol. The fourth-order valence-corrected chi connectivity index (χ4v) is 3.19. The van der Waals surface area contributed by atoms with E-state index in [9.17, 15) is 4.79 Å². The summed E-state index contributed by atoms with van der Waals surface area (Å²) < 4.78 is 11.6. The molecule has 8 heteroatoms. The molecule has 0 unspecified atom stereocenters. The molecule has 1 amide bonds. The van der Waals surface area contributed by atoms with E-state index >= 15 is 0 Å². The number of thioether (sulfide) groups is 1. The van der Waals surface area contributed by atoms with E-state index in [2.05, 4.69) is 15.3 Å². The van der Waals surface area contributed by atoms with Crippen LogP contribution in [0.4, 0.5) is 5.82 Å². The number of rotatable bonds is 3. The van der Waals surface area contributed by atoms with Crippen LogP contribution in [0.15, 0.2) is 29.6 Å². The van der Waals surface area contributed by atoms with Gasteiger partial charge in [-0.2, -0.15) is 0 Å². The van der Waals surface area contributed by atoms with Gasteiger partial charge in [-0.05, 0) is 12.3 Å².